The standard InChI is InChI=1S/C12H17ClN2O4S2/c1-15(12-8-9(13)2-3-11(12)14)21(18,19)10-4-6-20(16,17)7-5-10/h2-3,8,10H,4-7,14H2,1H3. The lowest BCUT2D eigenvalue weighted by Gasteiger charge is -2.29. The van der Waals surface area contributed by atoms with Gasteiger partial charge in [0.15, 0.2) is 0 Å². The van der Waals surface area contributed by atoms with Gasteiger partial charge < -0.3 is 5.73 Å². The van der Waals surface area contributed by atoms with Crippen molar-refractivity contribution in [3.8, 4) is 0 Å². The molecular weight excluding hydrogens is 336 g/mol. The van der Waals surface area contributed by atoms with Crippen molar-refractivity contribution >= 4 is 42.8 Å². The molecule has 1 aliphatic rings. The van der Waals surface area contributed by atoms with Crippen LogP contribution in [0.1, 0.15) is 12.8 Å². The predicted molar refractivity (Wildman–Crippen MR) is 84.9 cm³/mol. The lowest BCUT2D eigenvalue weighted by molar-refractivity contribution is 0.551. The molecule has 0 radical (unpaired) electrons. The molecule has 1 fully saturated rings. The zero-order chi connectivity index (χ0) is 15.8. The van der Waals surface area contributed by atoms with Crippen molar-refractivity contribution in [3.63, 3.8) is 0 Å². The molecule has 2 N–H and O–H groups in total. The number of anilines is 2. The zero-order valence-corrected chi connectivity index (χ0v) is 13.9. The fourth-order valence-electron chi connectivity index (χ4n) is 2.32. The van der Waals surface area contributed by atoms with Gasteiger partial charge in [0.2, 0.25) is 10.0 Å². The van der Waals surface area contributed by atoms with Crippen LogP contribution >= 0.6 is 11.6 Å². The van der Waals surface area contributed by atoms with Crippen LogP contribution in [0.4, 0.5) is 11.4 Å². The van der Waals surface area contributed by atoms with E-state index in [1.54, 1.807) is 6.07 Å². The summed E-state index contributed by atoms with van der Waals surface area (Å²) in [7, 11) is -5.38. The van der Waals surface area contributed by atoms with Crippen LogP contribution in [0.25, 0.3) is 0 Å². The number of nitrogens with two attached hydrogens (primary N) is 1. The summed E-state index contributed by atoms with van der Waals surface area (Å²) in [5, 5.41) is -0.336. The number of nitrogen functional groups attached to an aromatic ring is 1. The lowest BCUT2D eigenvalue weighted by atomic mass is 10.2. The fraction of sp³-hybridized carbons (Fsp3) is 0.500. The first-order chi connectivity index (χ1) is 9.63. The summed E-state index contributed by atoms with van der Waals surface area (Å²) in [5.41, 5.74) is 6.40. The number of hydrogen-bond acceptors (Lipinski definition) is 5. The summed E-state index contributed by atoms with van der Waals surface area (Å²) in [6.07, 6.45) is 0.213. The molecule has 0 atom stereocenters. The van der Waals surface area contributed by atoms with Crippen LogP contribution in [0.2, 0.25) is 5.02 Å². The minimum Gasteiger partial charge on any atom is -0.397 e. The Morgan fingerprint density at radius 1 is 1.29 bits per heavy atom. The molecule has 0 bridgehead atoms. The maximum absolute atomic E-state index is 12.6. The number of sulfone groups is 1. The Kier molecular flexibility index (Phi) is 4.41. The Hall–Kier alpha value is -0.990. The molecule has 1 aromatic carbocycles. The number of rotatable bonds is 3. The van der Waals surface area contributed by atoms with Crippen LogP contribution < -0.4 is 10.0 Å². The lowest BCUT2D eigenvalue weighted by Crippen LogP contribution is -2.41. The van der Waals surface area contributed by atoms with E-state index >= 15 is 0 Å². The van der Waals surface area contributed by atoms with Gasteiger partial charge in [-0.25, -0.2) is 16.8 Å². The summed E-state index contributed by atoms with van der Waals surface area (Å²) in [6, 6.07) is 4.59. The molecule has 9 heteroatoms. The highest BCUT2D eigenvalue weighted by molar-refractivity contribution is 7.94. The molecule has 6 nitrogen and oxygen atoms in total. The van der Waals surface area contributed by atoms with Gasteiger partial charge in [-0.2, -0.15) is 0 Å². The van der Waals surface area contributed by atoms with E-state index in [9.17, 15) is 16.8 Å². The number of nitrogens with zero attached hydrogens (tertiary/aromatic N) is 1. The molecule has 0 aromatic heterocycles. The van der Waals surface area contributed by atoms with Crippen LogP contribution in [0, 0.1) is 0 Å². The Bertz CT molecular complexity index is 733. The van der Waals surface area contributed by atoms with Crippen molar-refractivity contribution in [2.75, 3.05) is 28.6 Å². The first-order valence-corrected chi connectivity index (χ1v) is 10.1. The zero-order valence-electron chi connectivity index (χ0n) is 11.5. The van der Waals surface area contributed by atoms with Crippen LogP contribution in [-0.2, 0) is 19.9 Å². The highest BCUT2D eigenvalue weighted by atomic mass is 35.5. The number of hydrogen-bond donors (Lipinski definition) is 1. The second kappa shape index (κ2) is 5.66. The highest BCUT2D eigenvalue weighted by Crippen LogP contribution is 2.31. The van der Waals surface area contributed by atoms with E-state index < -0.39 is 25.1 Å². The molecule has 2 rings (SSSR count). The summed E-state index contributed by atoms with van der Waals surface area (Å²) in [6.45, 7) is 0. The van der Waals surface area contributed by atoms with Gasteiger partial charge in [-0.15, -0.1) is 0 Å². The van der Waals surface area contributed by atoms with Gasteiger partial charge in [-0.1, -0.05) is 11.6 Å². The fourth-order valence-corrected chi connectivity index (χ4v) is 5.98. The van der Waals surface area contributed by atoms with Gasteiger partial charge in [-0.05, 0) is 31.0 Å². The third-order valence-corrected chi connectivity index (χ3v) is 7.86. The van der Waals surface area contributed by atoms with Gasteiger partial charge in [0.1, 0.15) is 9.84 Å². The van der Waals surface area contributed by atoms with Gasteiger partial charge in [0, 0.05) is 12.1 Å². The van der Waals surface area contributed by atoms with Crippen LogP contribution in [0.5, 0.6) is 0 Å². The maximum atomic E-state index is 12.6. The Morgan fingerprint density at radius 3 is 2.43 bits per heavy atom. The maximum Gasteiger partial charge on any atom is 0.237 e. The summed E-state index contributed by atoms with van der Waals surface area (Å²) in [4.78, 5) is 0. The molecule has 21 heavy (non-hydrogen) atoms. The molecule has 1 aliphatic heterocycles. The first-order valence-electron chi connectivity index (χ1n) is 6.37. The third kappa shape index (κ3) is 3.44. The molecule has 1 saturated heterocycles. The van der Waals surface area contributed by atoms with Crippen LogP contribution in [-0.4, -0.2) is 40.6 Å². The Balaban J connectivity index is 2.29. The second-order valence-corrected chi connectivity index (χ2v) is 10.1. The van der Waals surface area contributed by atoms with Crippen molar-refractivity contribution < 1.29 is 16.8 Å². The minimum absolute atomic E-state index is 0.101. The highest BCUT2D eigenvalue weighted by Gasteiger charge is 2.36. The largest absolute Gasteiger partial charge is 0.397 e. The molecule has 118 valence electrons. The average molecular weight is 353 g/mol. The minimum atomic E-state index is -3.67. The van der Waals surface area contributed by atoms with E-state index in [1.165, 1.54) is 19.2 Å². The first kappa shape index (κ1) is 16.4. The third-order valence-electron chi connectivity index (χ3n) is 3.64. The van der Waals surface area contributed by atoms with Gasteiger partial charge >= 0.3 is 0 Å². The number of halogens is 1. The molecule has 0 spiro atoms. The van der Waals surface area contributed by atoms with E-state index in [0.29, 0.717) is 16.4 Å². The number of benzene rings is 1. The van der Waals surface area contributed by atoms with Crippen LogP contribution in [0.3, 0.4) is 0 Å². The average Bonchev–Trinajstić information content (AvgIpc) is 2.40. The Morgan fingerprint density at radius 2 is 1.86 bits per heavy atom. The molecule has 0 saturated carbocycles. The SMILES string of the molecule is CN(c1cc(Cl)ccc1N)S(=O)(=O)C1CCS(=O)(=O)CC1. The molecule has 1 heterocycles. The van der Waals surface area contributed by atoms with E-state index in [4.69, 9.17) is 17.3 Å². The summed E-state index contributed by atoms with van der Waals surface area (Å²) >= 11 is 5.88. The van der Waals surface area contributed by atoms with Gasteiger partial charge in [0.05, 0.1) is 28.1 Å². The summed E-state index contributed by atoms with van der Waals surface area (Å²) < 4.78 is 49.1. The van der Waals surface area contributed by atoms with Gasteiger partial charge in [-0.3, -0.25) is 4.31 Å². The van der Waals surface area contributed by atoms with Crippen molar-refractivity contribution in [2.45, 2.75) is 18.1 Å². The quantitative estimate of drug-likeness (QED) is 0.826. The van der Waals surface area contributed by atoms with E-state index in [2.05, 4.69) is 0 Å². The molecule has 0 unspecified atom stereocenters. The molecule has 0 amide bonds. The second-order valence-electron chi connectivity index (χ2n) is 5.07. The van der Waals surface area contributed by atoms with Crippen molar-refractivity contribution in [2.24, 2.45) is 0 Å². The normalized spacial score (nSPS) is 19.3. The van der Waals surface area contributed by atoms with E-state index in [1.807, 2.05) is 0 Å². The summed E-state index contributed by atoms with van der Waals surface area (Å²) in [5.74, 6) is -0.203. The number of sulfonamides is 1. The van der Waals surface area contributed by atoms with Crippen molar-refractivity contribution in [1.82, 2.24) is 0 Å². The van der Waals surface area contributed by atoms with Crippen LogP contribution in [0.15, 0.2) is 18.2 Å². The molecule has 0 aliphatic carbocycles. The van der Waals surface area contributed by atoms with Gasteiger partial charge in [0.25, 0.3) is 0 Å². The predicted octanol–water partition coefficient (Wildman–Crippen LogP) is 1.27. The Labute approximate surface area is 129 Å². The van der Waals surface area contributed by atoms with Crippen molar-refractivity contribution in [1.29, 1.82) is 0 Å². The molecular formula is C12H17ClN2O4S2. The van der Waals surface area contributed by atoms with E-state index in [0.717, 1.165) is 4.31 Å². The smallest absolute Gasteiger partial charge is 0.237 e. The van der Waals surface area contributed by atoms with E-state index in [-0.39, 0.29) is 24.3 Å². The van der Waals surface area contributed by atoms with Crippen molar-refractivity contribution in [3.05, 3.63) is 23.2 Å². The monoisotopic (exact) mass is 352 g/mol. The molecule has 1 aromatic rings. The topological polar surface area (TPSA) is 97.5 Å².